The third-order valence-electron chi connectivity index (χ3n) is 4.48. The molecule has 1 aromatic carbocycles. The van der Waals surface area contributed by atoms with Crippen molar-refractivity contribution in [2.24, 2.45) is 11.7 Å². The van der Waals surface area contributed by atoms with Crippen LogP contribution in [0.5, 0.6) is 0 Å². The van der Waals surface area contributed by atoms with Gasteiger partial charge in [-0.3, -0.25) is 0 Å². The van der Waals surface area contributed by atoms with Gasteiger partial charge >= 0.3 is 0 Å². The van der Waals surface area contributed by atoms with E-state index >= 15 is 0 Å². The minimum Gasteiger partial charge on any atom is -0.377 e. The molecule has 1 atom stereocenters. The molecule has 0 radical (unpaired) electrons. The van der Waals surface area contributed by atoms with Crippen molar-refractivity contribution in [3.63, 3.8) is 0 Å². The van der Waals surface area contributed by atoms with E-state index in [0.717, 1.165) is 12.2 Å². The fraction of sp³-hybridized carbons (Fsp3) is 0.571. The molecule has 2 bridgehead atoms. The number of nitrogens with one attached hydrogen (secondary N) is 1. The Balaban J connectivity index is 1.82. The van der Waals surface area contributed by atoms with Crippen LogP contribution in [0.2, 0.25) is 0 Å². The maximum atomic E-state index is 12.9. The van der Waals surface area contributed by atoms with Crippen LogP contribution in [0.15, 0.2) is 24.3 Å². The summed E-state index contributed by atoms with van der Waals surface area (Å²) in [5.41, 5.74) is 6.97. The SMILES string of the molecule is NCC1(Nc2ccc(F)cc2)CN2CCC1CC2. The predicted molar refractivity (Wildman–Crippen MR) is 71.0 cm³/mol. The third kappa shape index (κ3) is 1.99. The van der Waals surface area contributed by atoms with Gasteiger partial charge in [0.1, 0.15) is 5.82 Å². The number of anilines is 1. The summed E-state index contributed by atoms with van der Waals surface area (Å²) in [6.07, 6.45) is 2.43. The zero-order valence-electron chi connectivity index (χ0n) is 10.5. The number of rotatable bonds is 3. The highest BCUT2D eigenvalue weighted by Crippen LogP contribution is 2.37. The van der Waals surface area contributed by atoms with Crippen LogP contribution in [0.1, 0.15) is 12.8 Å². The van der Waals surface area contributed by atoms with Crippen molar-refractivity contribution in [1.82, 2.24) is 4.90 Å². The van der Waals surface area contributed by atoms with E-state index in [1.165, 1.54) is 38.1 Å². The maximum Gasteiger partial charge on any atom is 0.123 e. The summed E-state index contributed by atoms with van der Waals surface area (Å²) in [6, 6.07) is 6.58. The number of piperidine rings is 3. The highest BCUT2D eigenvalue weighted by molar-refractivity contribution is 5.46. The molecule has 3 aliphatic heterocycles. The zero-order valence-corrected chi connectivity index (χ0v) is 10.5. The lowest BCUT2D eigenvalue weighted by atomic mass is 9.72. The molecule has 4 rings (SSSR count). The standard InChI is InChI=1S/C14H20FN3/c15-12-1-3-13(4-2-12)17-14(9-16)10-18-7-5-11(14)6-8-18/h1-4,11,17H,5-10,16H2. The Morgan fingerprint density at radius 2 is 1.94 bits per heavy atom. The van der Waals surface area contributed by atoms with E-state index in [1.54, 1.807) is 12.1 Å². The normalized spacial score (nSPS) is 34.6. The van der Waals surface area contributed by atoms with Crippen LogP contribution in [-0.4, -0.2) is 36.6 Å². The molecule has 3 heterocycles. The van der Waals surface area contributed by atoms with Gasteiger partial charge in [-0.25, -0.2) is 4.39 Å². The highest BCUT2D eigenvalue weighted by Gasteiger charge is 2.45. The highest BCUT2D eigenvalue weighted by atomic mass is 19.1. The second-order valence-corrected chi connectivity index (χ2v) is 5.54. The van der Waals surface area contributed by atoms with Crippen molar-refractivity contribution in [2.45, 2.75) is 18.4 Å². The van der Waals surface area contributed by atoms with Gasteiger partial charge < -0.3 is 16.0 Å². The number of benzene rings is 1. The predicted octanol–water partition coefficient (Wildman–Crippen LogP) is 1.66. The molecule has 4 heteroatoms. The van der Waals surface area contributed by atoms with Gasteiger partial charge in [0.25, 0.3) is 0 Å². The number of nitrogens with two attached hydrogens (primary N) is 1. The molecule has 98 valence electrons. The fourth-order valence-corrected chi connectivity index (χ4v) is 3.42. The largest absolute Gasteiger partial charge is 0.377 e. The van der Waals surface area contributed by atoms with Crippen LogP contribution >= 0.6 is 0 Å². The number of halogens is 1. The van der Waals surface area contributed by atoms with Crippen molar-refractivity contribution >= 4 is 5.69 Å². The molecule has 3 N–H and O–H groups in total. The van der Waals surface area contributed by atoms with Crippen LogP contribution in [0, 0.1) is 11.7 Å². The molecular formula is C14H20FN3. The Bertz CT molecular complexity index is 412. The topological polar surface area (TPSA) is 41.3 Å². The second-order valence-electron chi connectivity index (χ2n) is 5.54. The van der Waals surface area contributed by atoms with Crippen LogP contribution in [0.4, 0.5) is 10.1 Å². The zero-order chi connectivity index (χ0) is 12.6. The molecule has 0 saturated carbocycles. The van der Waals surface area contributed by atoms with Crippen molar-refractivity contribution < 1.29 is 4.39 Å². The maximum absolute atomic E-state index is 12.9. The van der Waals surface area contributed by atoms with Gasteiger partial charge in [-0.05, 0) is 56.1 Å². The average Bonchev–Trinajstić information content (AvgIpc) is 2.43. The summed E-state index contributed by atoms with van der Waals surface area (Å²) in [7, 11) is 0. The van der Waals surface area contributed by atoms with Gasteiger partial charge in [0.15, 0.2) is 0 Å². The van der Waals surface area contributed by atoms with E-state index in [-0.39, 0.29) is 11.4 Å². The molecule has 0 aliphatic carbocycles. The van der Waals surface area contributed by atoms with E-state index in [9.17, 15) is 4.39 Å². The summed E-state index contributed by atoms with van der Waals surface area (Å²) in [6.45, 7) is 4.02. The minimum absolute atomic E-state index is 0.0334. The lowest BCUT2D eigenvalue weighted by Crippen LogP contribution is -2.66. The van der Waals surface area contributed by atoms with Crippen LogP contribution in [0.25, 0.3) is 0 Å². The summed E-state index contributed by atoms with van der Waals surface area (Å²) >= 11 is 0. The molecule has 1 unspecified atom stereocenters. The molecule has 18 heavy (non-hydrogen) atoms. The average molecular weight is 249 g/mol. The van der Waals surface area contributed by atoms with Crippen molar-refractivity contribution in [3.05, 3.63) is 30.1 Å². The number of nitrogens with zero attached hydrogens (tertiary/aromatic N) is 1. The lowest BCUT2D eigenvalue weighted by molar-refractivity contribution is 0.0449. The summed E-state index contributed by atoms with van der Waals surface area (Å²) in [4.78, 5) is 2.48. The first-order chi connectivity index (χ1) is 8.72. The van der Waals surface area contributed by atoms with E-state index in [0.29, 0.717) is 12.5 Å². The first-order valence-electron chi connectivity index (χ1n) is 6.68. The second kappa shape index (κ2) is 4.52. The van der Waals surface area contributed by atoms with Gasteiger partial charge in [0, 0.05) is 18.8 Å². The van der Waals surface area contributed by atoms with Crippen LogP contribution in [-0.2, 0) is 0 Å². The van der Waals surface area contributed by atoms with Crippen LogP contribution < -0.4 is 11.1 Å². The molecule has 3 saturated heterocycles. The van der Waals surface area contributed by atoms with Crippen molar-refractivity contribution in [3.8, 4) is 0 Å². The molecule has 0 aromatic heterocycles. The Kier molecular flexibility index (Phi) is 2.99. The quantitative estimate of drug-likeness (QED) is 0.856. The van der Waals surface area contributed by atoms with Gasteiger partial charge in [-0.1, -0.05) is 0 Å². The Hall–Kier alpha value is -1.13. The molecule has 3 aliphatic rings. The van der Waals surface area contributed by atoms with Gasteiger partial charge in [-0.2, -0.15) is 0 Å². The molecule has 0 spiro atoms. The number of hydrogen-bond acceptors (Lipinski definition) is 3. The Morgan fingerprint density at radius 1 is 1.28 bits per heavy atom. The fourth-order valence-electron chi connectivity index (χ4n) is 3.42. The monoisotopic (exact) mass is 249 g/mol. The van der Waals surface area contributed by atoms with Crippen molar-refractivity contribution in [2.75, 3.05) is 31.5 Å². The van der Waals surface area contributed by atoms with Gasteiger partial charge in [-0.15, -0.1) is 0 Å². The molecule has 0 amide bonds. The van der Waals surface area contributed by atoms with E-state index in [1.807, 2.05) is 0 Å². The lowest BCUT2D eigenvalue weighted by Gasteiger charge is -2.53. The Labute approximate surface area is 107 Å². The van der Waals surface area contributed by atoms with Gasteiger partial charge in [0.05, 0.1) is 5.54 Å². The van der Waals surface area contributed by atoms with E-state index in [2.05, 4.69) is 10.2 Å². The first-order valence-corrected chi connectivity index (χ1v) is 6.68. The van der Waals surface area contributed by atoms with Crippen molar-refractivity contribution in [1.29, 1.82) is 0 Å². The minimum atomic E-state index is -0.198. The third-order valence-corrected chi connectivity index (χ3v) is 4.48. The smallest absolute Gasteiger partial charge is 0.123 e. The molecule has 1 aromatic rings. The van der Waals surface area contributed by atoms with Gasteiger partial charge in [0.2, 0.25) is 0 Å². The summed E-state index contributed by atoms with van der Waals surface area (Å²) in [5.74, 6) is 0.439. The van der Waals surface area contributed by atoms with E-state index < -0.39 is 0 Å². The van der Waals surface area contributed by atoms with Crippen LogP contribution in [0.3, 0.4) is 0 Å². The first kappa shape index (κ1) is 11.9. The number of hydrogen-bond donors (Lipinski definition) is 2. The molecule has 3 fully saturated rings. The number of fused-ring (bicyclic) bond motifs is 3. The molecule has 3 nitrogen and oxygen atoms in total. The summed E-state index contributed by atoms with van der Waals surface area (Å²) in [5, 5.41) is 3.57. The molecular weight excluding hydrogens is 229 g/mol. The Morgan fingerprint density at radius 3 is 2.44 bits per heavy atom. The van der Waals surface area contributed by atoms with E-state index in [4.69, 9.17) is 5.73 Å². The summed E-state index contributed by atoms with van der Waals surface area (Å²) < 4.78 is 12.9.